The van der Waals surface area contributed by atoms with E-state index >= 15 is 0 Å². The van der Waals surface area contributed by atoms with Gasteiger partial charge in [-0.25, -0.2) is 0 Å². The summed E-state index contributed by atoms with van der Waals surface area (Å²) in [4.78, 5) is 0. The van der Waals surface area contributed by atoms with Crippen molar-refractivity contribution in [2.75, 3.05) is 12.8 Å². The van der Waals surface area contributed by atoms with Gasteiger partial charge in [0.05, 0.1) is 0 Å². The van der Waals surface area contributed by atoms with Gasteiger partial charge in [-0.15, -0.1) is 0 Å². The third kappa shape index (κ3) is 3.03. The number of aryl methyl sites for hydroxylation is 1. The number of thioether (sulfide) groups is 1. The molecule has 0 radical (unpaired) electrons. The molecule has 0 spiro atoms. The molecule has 0 bridgehead atoms. The first kappa shape index (κ1) is 14.7. The summed E-state index contributed by atoms with van der Waals surface area (Å²) in [5, 5.41) is 4.73. The molecule has 3 rings (SSSR count). The molecule has 1 N–H and O–H groups in total. The van der Waals surface area contributed by atoms with Crippen LogP contribution in [0.15, 0.2) is 18.2 Å². The number of hydrogen-bond donors (Lipinski definition) is 1. The summed E-state index contributed by atoms with van der Waals surface area (Å²) in [7, 11) is 0. The summed E-state index contributed by atoms with van der Waals surface area (Å²) < 4.78 is 0.480. The Bertz CT molecular complexity index is 468. The fourth-order valence-corrected chi connectivity index (χ4v) is 4.88. The van der Waals surface area contributed by atoms with Gasteiger partial charge in [0.1, 0.15) is 0 Å². The fraction of sp³-hybridized carbons (Fsp3) is 0.647. The van der Waals surface area contributed by atoms with Gasteiger partial charge < -0.3 is 5.32 Å². The van der Waals surface area contributed by atoms with E-state index in [0.29, 0.717) is 10.8 Å². The maximum Gasteiger partial charge on any atom is 0.0408 e. The molecule has 20 heavy (non-hydrogen) atoms. The topological polar surface area (TPSA) is 12.0 Å². The Balaban J connectivity index is 1.65. The van der Waals surface area contributed by atoms with Crippen molar-refractivity contribution >= 4 is 23.4 Å². The first-order valence-electron chi connectivity index (χ1n) is 7.79. The van der Waals surface area contributed by atoms with Gasteiger partial charge in [-0.05, 0) is 55.2 Å². The zero-order chi connectivity index (χ0) is 14.0. The van der Waals surface area contributed by atoms with Gasteiger partial charge in [0.15, 0.2) is 0 Å². The third-order valence-corrected chi connectivity index (χ3v) is 6.70. The lowest BCUT2D eigenvalue weighted by Crippen LogP contribution is -2.40. The number of nitrogens with one attached hydrogen (secondary N) is 1. The molecule has 110 valence electrons. The largest absolute Gasteiger partial charge is 0.309 e. The Kier molecular flexibility index (Phi) is 4.64. The van der Waals surface area contributed by atoms with Crippen LogP contribution in [0, 0.1) is 0 Å². The van der Waals surface area contributed by atoms with Crippen molar-refractivity contribution in [3.63, 3.8) is 0 Å². The van der Waals surface area contributed by atoms with Gasteiger partial charge in [-0.1, -0.05) is 36.9 Å². The van der Waals surface area contributed by atoms with E-state index in [9.17, 15) is 0 Å². The standard InChI is InChI=1S/C17H24ClNS/c1-20-17(9-3-2-4-10-17)12-19-16-8-5-13-11-14(18)6-7-15(13)16/h6-7,11,16,19H,2-5,8-10,12H2,1H3. The first-order valence-corrected chi connectivity index (χ1v) is 9.40. The van der Waals surface area contributed by atoms with Crippen LogP contribution in [0.3, 0.4) is 0 Å². The highest BCUT2D eigenvalue weighted by Crippen LogP contribution is 2.39. The first-order chi connectivity index (χ1) is 9.72. The highest BCUT2D eigenvalue weighted by molar-refractivity contribution is 8.00. The minimum Gasteiger partial charge on any atom is -0.309 e. The molecule has 3 heteroatoms. The van der Waals surface area contributed by atoms with Crippen LogP contribution in [0.2, 0.25) is 5.02 Å². The van der Waals surface area contributed by atoms with E-state index in [1.54, 1.807) is 0 Å². The lowest BCUT2D eigenvalue weighted by atomic mass is 9.88. The molecule has 1 unspecified atom stereocenters. The lowest BCUT2D eigenvalue weighted by Gasteiger charge is -2.37. The van der Waals surface area contributed by atoms with Crippen LogP contribution in [-0.4, -0.2) is 17.5 Å². The third-order valence-electron chi connectivity index (χ3n) is 5.05. The number of fused-ring (bicyclic) bond motifs is 1. The molecule has 1 fully saturated rings. The predicted molar refractivity (Wildman–Crippen MR) is 89.8 cm³/mol. The zero-order valence-corrected chi connectivity index (χ0v) is 13.8. The van der Waals surface area contributed by atoms with E-state index in [4.69, 9.17) is 11.6 Å². The quantitative estimate of drug-likeness (QED) is 0.841. The van der Waals surface area contributed by atoms with Gasteiger partial charge in [-0.3, -0.25) is 0 Å². The van der Waals surface area contributed by atoms with Crippen LogP contribution in [0.5, 0.6) is 0 Å². The van der Waals surface area contributed by atoms with Crippen molar-refractivity contribution in [3.8, 4) is 0 Å². The number of hydrogen-bond acceptors (Lipinski definition) is 2. The molecule has 1 saturated carbocycles. The summed E-state index contributed by atoms with van der Waals surface area (Å²) >= 11 is 8.17. The van der Waals surface area contributed by atoms with E-state index in [-0.39, 0.29) is 0 Å². The van der Waals surface area contributed by atoms with Crippen molar-refractivity contribution in [1.29, 1.82) is 0 Å². The fourth-order valence-electron chi connectivity index (χ4n) is 3.76. The van der Waals surface area contributed by atoms with Crippen molar-refractivity contribution in [3.05, 3.63) is 34.3 Å². The molecular weight excluding hydrogens is 286 g/mol. The van der Waals surface area contributed by atoms with Crippen LogP contribution in [-0.2, 0) is 6.42 Å². The van der Waals surface area contributed by atoms with Gasteiger partial charge in [0.25, 0.3) is 0 Å². The number of halogens is 1. The molecule has 0 heterocycles. The Labute approximate surface area is 131 Å². The Morgan fingerprint density at radius 3 is 2.85 bits per heavy atom. The summed E-state index contributed by atoms with van der Waals surface area (Å²) in [6.45, 7) is 1.15. The number of rotatable bonds is 4. The Morgan fingerprint density at radius 2 is 2.10 bits per heavy atom. The number of benzene rings is 1. The molecule has 1 aromatic rings. The molecule has 2 aliphatic carbocycles. The van der Waals surface area contributed by atoms with E-state index in [1.165, 1.54) is 56.1 Å². The van der Waals surface area contributed by atoms with E-state index in [0.717, 1.165) is 11.6 Å². The molecule has 0 aromatic heterocycles. The second-order valence-corrected chi connectivity index (χ2v) is 7.97. The highest BCUT2D eigenvalue weighted by Gasteiger charge is 2.32. The second-order valence-electron chi connectivity index (χ2n) is 6.26. The van der Waals surface area contributed by atoms with Crippen LogP contribution < -0.4 is 5.32 Å². The smallest absolute Gasteiger partial charge is 0.0408 e. The van der Waals surface area contributed by atoms with Gasteiger partial charge in [0.2, 0.25) is 0 Å². The van der Waals surface area contributed by atoms with Crippen molar-refractivity contribution in [2.45, 2.75) is 55.7 Å². The Morgan fingerprint density at radius 1 is 1.30 bits per heavy atom. The summed E-state index contributed by atoms with van der Waals surface area (Å²) in [5.74, 6) is 0. The lowest BCUT2D eigenvalue weighted by molar-refractivity contribution is 0.362. The van der Waals surface area contributed by atoms with Crippen LogP contribution >= 0.6 is 23.4 Å². The molecule has 2 aliphatic rings. The molecule has 0 saturated heterocycles. The summed E-state index contributed by atoms with van der Waals surface area (Å²) in [6.07, 6.45) is 11.7. The molecule has 0 amide bonds. The molecule has 1 atom stereocenters. The monoisotopic (exact) mass is 309 g/mol. The molecule has 0 aliphatic heterocycles. The summed E-state index contributed by atoms with van der Waals surface area (Å²) in [5.41, 5.74) is 2.92. The van der Waals surface area contributed by atoms with Gasteiger partial charge in [0, 0.05) is 22.4 Å². The molecule has 1 aromatic carbocycles. The predicted octanol–water partition coefficient (Wildman–Crippen LogP) is 4.98. The van der Waals surface area contributed by atoms with Gasteiger partial charge >= 0.3 is 0 Å². The SMILES string of the molecule is CSC1(CNC2CCc3cc(Cl)ccc32)CCCCC1. The second kappa shape index (κ2) is 6.29. The molecular formula is C17H24ClNS. The van der Waals surface area contributed by atoms with E-state index in [2.05, 4.69) is 35.5 Å². The van der Waals surface area contributed by atoms with Crippen molar-refractivity contribution in [1.82, 2.24) is 5.32 Å². The normalized spacial score (nSPS) is 24.6. The highest BCUT2D eigenvalue weighted by atomic mass is 35.5. The van der Waals surface area contributed by atoms with Gasteiger partial charge in [-0.2, -0.15) is 11.8 Å². The van der Waals surface area contributed by atoms with Crippen molar-refractivity contribution in [2.24, 2.45) is 0 Å². The summed E-state index contributed by atoms with van der Waals surface area (Å²) in [6, 6.07) is 6.93. The minimum absolute atomic E-state index is 0.480. The molecule has 1 nitrogen and oxygen atoms in total. The Hall–Kier alpha value is -0.180. The van der Waals surface area contributed by atoms with Crippen LogP contribution in [0.4, 0.5) is 0 Å². The van der Waals surface area contributed by atoms with Crippen molar-refractivity contribution < 1.29 is 0 Å². The van der Waals surface area contributed by atoms with E-state index < -0.39 is 0 Å². The minimum atomic E-state index is 0.480. The van der Waals surface area contributed by atoms with Crippen LogP contribution in [0.1, 0.15) is 55.7 Å². The van der Waals surface area contributed by atoms with Crippen LogP contribution in [0.25, 0.3) is 0 Å². The maximum absolute atomic E-state index is 6.09. The average molecular weight is 310 g/mol. The zero-order valence-electron chi connectivity index (χ0n) is 12.3. The average Bonchev–Trinajstić information content (AvgIpc) is 2.88. The maximum atomic E-state index is 6.09. The van der Waals surface area contributed by atoms with E-state index in [1.807, 2.05) is 6.07 Å².